The van der Waals surface area contributed by atoms with Gasteiger partial charge in [-0.05, 0) is 60.5 Å². The Kier molecular flexibility index (Phi) is 6.49. The Labute approximate surface area is 189 Å². The Morgan fingerprint density at radius 1 is 1.03 bits per heavy atom. The summed E-state index contributed by atoms with van der Waals surface area (Å²) >= 11 is 2.93. The molecule has 0 aliphatic carbocycles. The topological polar surface area (TPSA) is 67.3 Å². The van der Waals surface area contributed by atoms with Crippen LogP contribution in [0.5, 0.6) is 5.75 Å². The molecule has 0 fully saturated rings. The number of benzene rings is 2. The number of carbonyl (C=O) groups excluding carboxylic acids is 1. The van der Waals surface area contributed by atoms with Gasteiger partial charge < -0.3 is 9.04 Å². The Morgan fingerprint density at radius 2 is 1.81 bits per heavy atom. The van der Waals surface area contributed by atoms with Crippen molar-refractivity contribution in [3.63, 3.8) is 0 Å². The van der Waals surface area contributed by atoms with Crippen LogP contribution in [0, 0.1) is 0 Å². The normalized spacial score (nSPS) is 10.5. The molecule has 0 aliphatic rings. The van der Waals surface area contributed by atoms with Crippen molar-refractivity contribution < 1.29 is 9.53 Å². The van der Waals surface area contributed by atoms with E-state index in [1.165, 1.54) is 11.3 Å². The van der Waals surface area contributed by atoms with E-state index < -0.39 is 0 Å². The summed E-state index contributed by atoms with van der Waals surface area (Å²) < 4.78 is 7.45. The van der Waals surface area contributed by atoms with Gasteiger partial charge in [0.25, 0.3) is 5.91 Å². The van der Waals surface area contributed by atoms with E-state index in [-0.39, 0.29) is 5.91 Å². The number of hydrogen-bond donors (Lipinski definition) is 1. The lowest BCUT2D eigenvalue weighted by Crippen LogP contribution is -2.12. The average Bonchev–Trinajstić information content (AvgIpc) is 3.28. The van der Waals surface area contributed by atoms with Crippen LogP contribution in [0.25, 0.3) is 11.4 Å². The number of carbonyl (C=O) groups is 1. The van der Waals surface area contributed by atoms with Gasteiger partial charge in [-0.15, -0.1) is 11.3 Å². The summed E-state index contributed by atoms with van der Waals surface area (Å²) in [4.78, 5) is 22.4. The van der Waals surface area contributed by atoms with Gasteiger partial charge in [0, 0.05) is 29.1 Å². The highest BCUT2D eigenvalue weighted by Crippen LogP contribution is 2.34. The van der Waals surface area contributed by atoms with Crippen LogP contribution in [0.4, 0.5) is 10.8 Å². The highest BCUT2D eigenvalue weighted by molar-refractivity contribution is 8.00. The molecule has 2 aromatic heterocycles. The number of aromatic nitrogens is 2. The van der Waals surface area contributed by atoms with Gasteiger partial charge in [0.05, 0.1) is 18.5 Å². The molecule has 6 nitrogen and oxygen atoms in total. The summed E-state index contributed by atoms with van der Waals surface area (Å²) in [6, 6.07) is 21.0. The molecular weight excluding hydrogens is 428 g/mol. The average molecular weight is 449 g/mol. The molecule has 0 unspecified atom stereocenters. The fourth-order valence-corrected chi connectivity index (χ4v) is 4.42. The van der Waals surface area contributed by atoms with Gasteiger partial charge in [0.15, 0.2) is 5.13 Å². The number of para-hydroxylation sites is 2. The number of hydrogen-bond acceptors (Lipinski definition) is 7. The summed E-state index contributed by atoms with van der Waals surface area (Å²) in [5.41, 5.74) is 3.06. The zero-order valence-corrected chi connectivity index (χ0v) is 18.6. The van der Waals surface area contributed by atoms with E-state index >= 15 is 0 Å². The van der Waals surface area contributed by atoms with Gasteiger partial charge in [-0.2, -0.15) is 0 Å². The number of ether oxygens (including phenoxy) is 1. The summed E-state index contributed by atoms with van der Waals surface area (Å²) in [6.45, 7) is 0. The van der Waals surface area contributed by atoms with Crippen molar-refractivity contribution in [2.24, 2.45) is 0 Å². The molecule has 0 saturated carbocycles. The van der Waals surface area contributed by atoms with Gasteiger partial charge in [0.2, 0.25) is 0 Å². The second-order valence-corrected chi connectivity index (χ2v) is 8.55. The summed E-state index contributed by atoms with van der Waals surface area (Å²) in [5, 5.41) is 5.28. The molecule has 31 heavy (non-hydrogen) atoms. The molecule has 1 N–H and O–H groups in total. The molecule has 0 saturated heterocycles. The number of anilines is 2. The first-order chi connectivity index (χ1) is 15.1. The van der Waals surface area contributed by atoms with Crippen LogP contribution in [-0.4, -0.2) is 30.0 Å². The first kappa shape index (κ1) is 20.9. The molecule has 1 amide bonds. The van der Waals surface area contributed by atoms with E-state index in [9.17, 15) is 4.79 Å². The summed E-state index contributed by atoms with van der Waals surface area (Å²) in [5.74, 6) is 0.610. The molecule has 4 rings (SSSR count). The number of amides is 1. The predicted octanol–water partition coefficient (Wildman–Crippen LogP) is 5.61. The predicted molar refractivity (Wildman–Crippen MR) is 127 cm³/mol. The fourth-order valence-electron chi connectivity index (χ4n) is 2.90. The van der Waals surface area contributed by atoms with Crippen LogP contribution in [0.3, 0.4) is 0 Å². The molecular formula is C23H20N4O2S2. The van der Waals surface area contributed by atoms with E-state index in [2.05, 4.69) is 15.3 Å². The Balaban J connectivity index is 1.40. The van der Waals surface area contributed by atoms with Crippen molar-refractivity contribution in [1.29, 1.82) is 0 Å². The third-order valence-corrected chi connectivity index (χ3v) is 6.15. The Morgan fingerprint density at radius 3 is 2.55 bits per heavy atom. The standard InChI is InChI=1S/C23H20N4O2S2/c1-27(20-8-3-4-9-21(20)29-2)31-17-12-10-16(11-13-17)22(28)26-23-25-19(15-30-23)18-7-5-6-14-24-18/h3-15H,1-2H3,(H,25,26,28). The van der Waals surface area contributed by atoms with Crippen molar-refractivity contribution in [3.05, 3.63) is 83.9 Å². The number of methoxy groups -OCH3 is 1. The highest BCUT2D eigenvalue weighted by atomic mass is 32.2. The smallest absolute Gasteiger partial charge is 0.257 e. The van der Waals surface area contributed by atoms with E-state index in [0.717, 1.165) is 27.7 Å². The monoisotopic (exact) mass is 448 g/mol. The second kappa shape index (κ2) is 9.63. The third-order valence-electron chi connectivity index (χ3n) is 4.44. The number of rotatable bonds is 7. The van der Waals surface area contributed by atoms with Gasteiger partial charge in [-0.25, -0.2) is 4.98 Å². The minimum Gasteiger partial charge on any atom is -0.495 e. The van der Waals surface area contributed by atoms with Crippen molar-refractivity contribution in [1.82, 2.24) is 9.97 Å². The lowest BCUT2D eigenvalue weighted by atomic mass is 10.2. The SMILES string of the molecule is COc1ccccc1N(C)Sc1ccc(C(=O)Nc2nc(-c3ccccn3)cs2)cc1. The zero-order chi connectivity index (χ0) is 21.6. The van der Waals surface area contributed by atoms with Crippen LogP contribution < -0.4 is 14.4 Å². The van der Waals surface area contributed by atoms with Crippen molar-refractivity contribution >= 4 is 40.0 Å². The molecule has 2 aromatic carbocycles. The van der Waals surface area contributed by atoms with Crippen LogP contribution in [-0.2, 0) is 0 Å². The first-order valence-electron chi connectivity index (χ1n) is 9.47. The zero-order valence-electron chi connectivity index (χ0n) is 17.0. The third kappa shape index (κ3) is 5.04. The lowest BCUT2D eigenvalue weighted by Gasteiger charge is -2.20. The van der Waals surface area contributed by atoms with Gasteiger partial charge in [-0.3, -0.25) is 15.1 Å². The largest absolute Gasteiger partial charge is 0.495 e. The molecule has 0 bridgehead atoms. The molecule has 0 spiro atoms. The van der Waals surface area contributed by atoms with Crippen LogP contribution >= 0.6 is 23.3 Å². The molecule has 2 heterocycles. The Bertz CT molecular complexity index is 1160. The van der Waals surface area contributed by atoms with Gasteiger partial charge in [-0.1, -0.05) is 18.2 Å². The van der Waals surface area contributed by atoms with Crippen molar-refractivity contribution in [2.45, 2.75) is 4.90 Å². The second-order valence-electron chi connectivity index (χ2n) is 6.49. The maximum absolute atomic E-state index is 12.6. The molecule has 0 radical (unpaired) electrons. The summed E-state index contributed by atoms with van der Waals surface area (Å²) in [6.07, 6.45) is 1.72. The number of nitrogens with zero attached hydrogens (tertiary/aromatic N) is 3. The maximum Gasteiger partial charge on any atom is 0.257 e. The van der Waals surface area contributed by atoms with Crippen LogP contribution in [0.15, 0.2) is 83.2 Å². The quantitative estimate of drug-likeness (QED) is 0.371. The molecule has 4 aromatic rings. The highest BCUT2D eigenvalue weighted by Gasteiger charge is 2.12. The minimum absolute atomic E-state index is 0.198. The maximum atomic E-state index is 12.6. The van der Waals surface area contributed by atoms with Crippen molar-refractivity contribution in [2.75, 3.05) is 23.8 Å². The first-order valence-corrected chi connectivity index (χ1v) is 11.1. The van der Waals surface area contributed by atoms with Crippen LogP contribution in [0.2, 0.25) is 0 Å². The molecule has 156 valence electrons. The lowest BCUT2D eigenvalue weighted by molar-refractivity contribution is 0.102. The van der Waals surface area contributed by atoms with E-state index in [1.54, 1.807) is 37.4 Å². The van der Waals surface area contributed by atoms with Crippen LogP contribution in [0.1, 0.15) is 10.4 Å². The Hall–Kier alpha value is -3.36. The van der Waals surface area contributed by atoms with Gasteiger partial charge >= 0.3 is 0 Å². The summed E-state index contributed by atoms with van der Waals surface area (Å²) in [7, 11) is 3.64. The fraction of sp³-hybridized carbons (Fsp3) is 0.0870. The molecule has 0 aliphatic heterocycles. The minimum atomic E-state index is -0.198. The van der Waals surface area contributed by atoms with Crippen molar-refractivity contribution in [3.8, 4) is 17.1 Å². The molecule has 0 atom stereocenters. The van der Waals surface area contributed by atoms with E-state index in [1.807, 2.05) is 71.3 Å². The van der Waals surface area contributed by atoms with E-state index in [4.69, 9.17) is 4.74 Å². The van der Waals surface area contributed by atoms with Gasteiger partial charge in [0.1, 0.15) is 11.4 Å². The number of pyridine rings is 1. The number of nitrogens with one attached hydrogen (secondary N) is 1. The molecule has 8 heteroatoms. The van der Waals surface area contributed by atoms with E-state index in [0.29, 0.717) is 10.7 Å². The number of thiazole rings is 1.